The molecule has 0 spiro atoms. The highest BCUT2D eigenvalue weighted by atomic mass is 35.5. The Bertz CT molecular complexity index is 740. The van der Waals surface area contributed by atoms with Crippen LogP contribution in [-0.4, -0.2) is 12.7 Å². The van der Waals surface area contributed by atoms with Crippen LogP contribution in [0.4, 0.5) is 4.79 Å². The van der Waals surface area contributed by atoms with Crippen LogP contribution in [0.2, 0.25) is 5.02 Å². The van der Waals surface area contributed by atoms with E-state index in [9.17, 15) is 4.79 Å². The molecule has 1 aliphatic rings. The van der Waals surface area contributed by atoms with E-state index < -0.39 is 12.2 Å². The number of ether oxygens (including phenoxy) is 2. The van der Waals surface area contributed by atoms with Gasteiger partial charge in [0.05, 0.1) is 6.61 Å². The fraction of sp³-hybridized carbons (Fsp3) is 0.278. The molecule has 2 aromatic carbocycles. The van der Waals surface area contributed by atoms with Crippen molar-refractivity contribution in [2.24, 2.45) is 11.1 Å². The van der Waals surface area contributed by atoms with Crippen LogP contribution in [-0.2, 0) is 4.74 Å². The minimum Gasteiger partial charge on any atom is -0.492 e. The van der Waals surface area contributed by atoms with E-state index in [2.05, 4.69) is 0 Å². The zero-order valence-electron chi connectivity index (χ0n) is 13.0. The third kappa shape index (κ3) is 3.13. The molecular weight excluding hydrogens is 314 g/mol. The maximum atomic E-state index is 11.2. The highest BCUT2D eigenvalue weighted by molar-refractivity contribution is 6.30. The smallest absolute Gasteiger partial charge is 0.405 e. The molecule has 0 saturated carbocycles. The van der Waals surface area contributed by atoms with Crippen LogP contribution in [0, 0.1) is 5.41 Å². The first kappa shape index (κ1) is 15.7. The highest BCUT2D eigenvalue weighted by Gasteiger charge is 2.40. The Morgan fingerprint density at radius 1 is 1.22 bits per heavy atom. The van der Waals surface area contributed by atoms with Crippen molar-refractivity contribution < 1.29 is 14.3 Å². The number of rotatable bonds is 2. The standard InChI is InChI=1S/C18H18ClNO3/c1-18(2)10-22-15-9-12(11-3-6-13(19)7-4-11)5-8-14(15)16(18)23-17(20)21/h3-9,16H,10H2,1-2H3,(H2,20,21). The number of amides is 1. The van der Waals surface area contributed by atoms with Gasteiger partial charge >= 0.3 is 6.09 Å². The van der Waals surface area contributed by atoms with Gasteiger partial charge in [-0.1, -0.05) is 49.7 Å². The lowest BCUT2D eigenvalue weighted by Crippen LogP contribution is -2.37. The van der Waals surface area contributed by atoms with Gasteiger partial charge in [-0.05, 0) is 29.3 Å². The van der Waals surface area contributed by atoms with E-state index in [1.54, 1.807) is 0 Å². The number of benzene rings is 2. The van der Waals surface area contributed by atoms with Crippen molar-refractivity contribution in [3.8, 4) is 16.9 Å². The molecule has 0 bridgehead atoms. The summed E-state index contributed by atoms with van der Waals surface area (Å²) in [6.45, 7) is 4.41. The van der Waals surface area contributed by atoms with E-state index in [0.717, 1.165) is 16.7 Å². The van der Waals surface area contributed by atoms with Gasteiger partial charge in [0.2, 0.25) is 0 Å². The summed E-state index contributed by atoms with van der Waals surface area (Å²) in [6.07, 6.45) is -1.21. The second kappa shape index (κ2) is 5.78. The first-order valence-corrected chi connectivity index (χ1v) is 7.73. The lowest BCUT2D eigenvalue weighted by atomic mass is 9.80. The van der Waals surface area contributed by atoms with Crippen molar-refractivity contribution in [3.63, 3.8) is 0 Å². The lowest BCUT2D eigenvalue weighted by Gasteiger charge is -2.38. The first-order chi connectivity index (χ1) is 10.9. The molecule has 0 aliphatic carbocycles. The van der Waals surface area contributed by atoms with E-state index in [-0.39, 0.29) is 5.41 Å². The number of hydrogen-bond acceptors (Lipinski definition) is 3. The molecule has 1 amide bonds. The van der Waals surface area contributed by atoms with E-state index in [0.29, 0.717) is 17.4 Å². The molecule has 0 aromatic heterocycles. The minimum absolute atomic E-state index is 0.343. The zero-order valence-corrected chi connectivity index (χ0v) is 13.8. The summed E-state index contributed by atoms with van der Waals surface area (Å²) in [5, 5.41) is 0.694. The molecule has 23 heavy (non-hydrogen) atoms. The number of halogens is 1. The van der Waals surface area contributed by atoms with Crippen molar-refractivity contribution in [3.05, 3.63) is 53.1 Å². The normalized spacial score (nSPS) is 18.7. The Morgan fingerprint density at radius 2 is 1.87 bits per heavy atom. The molecule has 1 heterocycles. The number of fused-ring (bicyclic) bond motifs is 1. The fourth-order valence-corrected chi connectivity index (χ4v) is 2.92. The topological polar surface area (TPSA) is 61.6 Å². The molecule has 0 radical (unpaired) electrons. The third-order valence-electron chi connectivity index (χ3n) is 4.02. The predicted octanol–water partition coefficient (Wildman–Crippen LogP) is 4.56. The van der Waals surface area contributed by atoms with Crippen LogP contribution >= 0.6 is 11.6 Å². The van der Waals surface area contributed by atoms with Crippen molar-refractivity contribution in [2.75, 3.05) is 6.61 Å². The van der Waals surface area contributed by atoms with E-state index in [1.165, 1.54) is 0 Å². The molecule has 4 nitrogen and oxygen atoms in total. The molecule has 3 rings (SSSR count). The first-order valence-electron chi connectivity index (χ1n) is 7.35. The summed E-state index contributed by atoms with van der Waals surface area (Å²) in [5.41, 5.74) is 7.76. The average molecular weight is 332 g/mol. The van der Waals surface area contributed by atoms with Crippen LogP contribution < -0.4 is 10.5 Å². The summed E-state index contributed by atoms with van der Waals surface area (Å²) in [7, 11) is 0. The summed E-state index contributed by atoms with van der Waals surface area (Å²) < 4.78 is 11.2. The van der Waals surface area contributed by atoms with Crippen molar-refractivity contribution in [1.82, 2.24) is 0 Å². The molecule has 1 aliphatic heterocycles. The van der Waals surface area contributed by atoms with Gasteiger partial charge in [-0.25, -0.2) is 4.79 Å². The molecular formula is C18H18ClNO3. The summed E-state index contributed by atoms with van der Waals surface area (Å²) in [4.78, 5) is 11.2. The molecule has 0 fully saturated rings. The number of carbonyl (C=O) groups is 1. The van der Waals surface area contributed by atoms with Gasteiger partial charge in [-0.15, -0.1) is 0 Å². The molecule has 1 atom stereocenters. The molecule has 120 valence electrons. The number of nitrogens with two attached hydrogens (primary N) is 1. The zero-order chi connectivity index (χ0) is 16.6. The Kier molecular flexibility index (Phi) is 3.94. The second-order valence-corrected chi connectivity index (χ2v) is 6.79. The van der Waals surface area contributed by atoms with Crippen molar-refractivity contribution in [2.45, 2.75) is 20.0 Å². The van der Waals surface area contributed by atoms with Gasteiger partial charge in [0.1, 0.15) is 11.9 Å². The predicted molar refractivity (Wildman–Crippen MR) is 89.6 cm³/mol. The van der Waals surface area contributed by atoms with Gasteiger partial charge in [-0.2, -0.15) is 0 Å². The number of carbonyl (C=O) groups excluding carboxylic acids is 1. The Morgan fingerprint density at radius 3 is 2.52 bits per heavy atom. The minimum atomic E-state index is -0.780. The van der Waals surface area contributed by atoms with Crippen molar-refractivity contribution >= 4 is 17.7 Å². The van der Waals surface area contributed by atoms with E-state index in [1.807, 2.05) is 56.3 Å². The summed E-state index contributed by atoms with van der Waals surface area (Å²) in [5.74, 6) is 0.711. The van der Waals surface area contributed by atoms with E-state index >= 15 is 0 Å². The van der Waals surface area contributed by atoms with Crippen molar-refractivity contribution in [1.29, 1.82) is 0 Å². The van der Waals surface area contributed by atoms with Crippen LogP contribution in [0.5, 0.6) is 5.75 Å². The van der Waals surface area contributed by atoms with Gasteiger partial charge in [-0.3, -0.25) is 0 Å². The molecule has 0 saturated heterocycles. The van der Waals surface area contributed by atoms with E-state index in [4.69, 9.17) is 26.8 Å². The van der Waals surface area contributed by atoms with Crippen LogP contribution in [0.25, 0.3) is 11.1 Å². The quantitative estimate of drug-likeness (QED) is 0.877. The number of hydrogen-bond donors (Lipinski definition) is 1. The maximum absolute atomic E-state index is 11.2. The fourth-order valence-electron chi connectivity index (χ4n) is 2.80. The second-order valence-electron chi connectivity index (χ2n) is 6.35. The Balaban J connectivity index is 2.00. The van der Waals surface area contributed by atoms with Gasteiger partial charge < -0.3 is 15.2 Å². The molecule has 2 aromatic rings. The van der Waals surface area contributed by atoms with Gasteiger partial charge in [0.25, 0.3) is 0 Å². The summed E-state index contributed by atoms with van der Waals surface area (Å²) in [6, 6.07) is 13.4. The Hall–Kier alpha value is -2.20. The van der Waals surface area contributed by atoms with Crippen LogP contribution in [0.1, 0.15) is 25.5 Å². The average Bonchev–Trinajstić information content (AvgIpc) is 2.50. The van der Waals surface area contributed by atoms with Gasteiger partial charge in [0, 0.05) is 16.0 Å². The number of primary amides is 1. The molecule has 5 heteroatoms. The molecule has 2 N–H and O–H groups in total. The van der Waals surface area contributed by atoms with Crippen LogP contribution in [0.15, 0.2) is 42.5 Å². The summed E-state index contributed by atoms with van der Waals surface area (Å²) >= 11 is 5.93. The highest BCUT2D eigenvalue weighted by Crippen LogP contribution is 2.46. The largest absolute Gasteiger partial charge is 0.492 e. The maximum Gasteiger partial charge on any atom is 0.405 e. The monoisotopic (exact) mass is 331 g/mol. The molecule has 1 unspecified atom stereocenters. The SMILES string of the molecule is CC1(C)COc2cc(-c3ccc(Cl)cc3)ccc2C1OC(N)=O. The third-order valence-corrected chi connectivity index (χ3v) is 4.27. The van der Waals surface area contributed by atoms with Gasteiger partial charge in [0.15, 0.2) is 0 Å². The Labute approximate surface area is 140 Å². The van der Waals surface area contributed by atoms with Crippen LogP contribution in [0.3, 0.4) is 0 Å². The lowest BCUT2D eigenvalue weighted by molar-refractivity contribution is -0.0176.